The predicted molar refractivity (Wildman–Crippen MR) is 124 cm³/mol. The van der Waals surface area contributed by atoms with Gasteiger partial charge in [-0.15, -0.1) is 0 Å². The molecule has 1 aliphatic rings. The van der Waals surface area contributed by atoms with Crippen LogP contribution in [0.3, 0.4) is 0 Å². The second-order valence-corrected chi connectivity index (χ2v) is 8.10. The largest absolute Gasteiger partial charge is 0.497 e. The maximum atomic E-state index is 13.1. The second kappa shape index (κ2) is 9.94. The number of carbonyl (C=O) groups excluding carboxylic acids is 1. The van der Waals surface area contributed by atoms with Gasteiger partial charge in [0.1, 0.15) is 5.75 Å². The molecule has 0 unspecified atom stereocenters. The molecule has 1 fully saturated rings. The van der Waals surface area contributed by atoms with Gasteiger partial charge in [-0.25, -0.2) is 0 Å². The fourth-order valence-electron chi connectivity index (χ4n) is 4.30. The van der Waals surface area contributed by atoms with Gasteiger partial charge in [0.15, 0.2) is 5.60 Å². The summed E-state index contributed by atoms with van der Waals surface area (Å²) in [5.41, 5.74) is 3.38. The van der Waals surface area contributed by atoms with Crippen LogP contribution in [0.15, 0.2) is 73.1 Å². The number of likely N-dealkylation sites (N-methyl/N-ethyl adjacent to an activating group) is 1. The van der Waals surface area contributed by atoms with Gasteiger partial charge in [-0.1, -0.05) is 42.5 Å². The maximum Gasteiger partial charge on any atom is 0.253 e. The maximum absolute atomic E-state index is 13.1. The van der Waals surface area contributed by atoms with Crippen molar-refractivity contribution in [2.75, 3.05) is 33.9 Å². The molecular formula is C26H29N3O3. The summed E-state index contributed by atoms with van der Waals surface area (Å²) in [6.07, 6.45) is 4.11. The fourth-order valence-corrected chi connectivity index (χ4v) is 4.30. The molecule has 2 heterocycles. The Labute approximate surface area is 189 Å². The summed E-state index contributed by atoms with van der Waals surface area (Å²) in [6.45, 7) is 2.52. The van der Waals surface area contributed by atoms with E-state index in [1.807, 2.05) is 42.6 Å². The molecule has 0 radical (unpaired) electrons. The minimum Gasteiger partial charge on any atom is -0.497 e. The van der Waals surface area contributed by atoms with Crippen molar-refractivity contribution in [2.45, 2.75) is 18.6 Å². The number of benzene rings is 2. The van der Waals surface area contributed by atoms with Crippen molar-refractivity contribution in [1.29, 1.82) is 0 Å². The first-order valence-corrected chi connectivity index (χ1v) is 10.8. The molecule has 166 valence electrons. The van der Waals surface area contributed by atoms with Crippen LogP contribution in [0.2, 0.25) is 0 Å². The zero-order valence-corrected chi connectivity index (χ0v) is 18.6. The van der Waals surface area contributed by atoms with E-state index in [4.69, 9.17) is 9.47 Å². The smallest absolute Gasteiger partial charge is 0.253 e. The average molecular weight is 432 g/mol. The van der Waals surface area contributed by atoms with Crippen LogP contribution in [-0.4, -0.2) is 55.2 Å². The minimum atomic E-state index is -0.945. The molecule has 6 nitrogen and oxygen atoms in total. The van der Waals surface area contributed by atoms with Gasteiger partial charge in [0.05, 0.1) is 13.7 Å². The third-order valence-electron chi connectivity index (χ3n) is 5.86. The first-order valence-electron chi connectivity index (χ1n) is 10.8. The number of rotatable bonds is 7. The van der Waals surface area contributed by atoms with Gasteiger partial charge in [-0.2, -0.15) is 0 Å². The van der Waals surface area contributed by atoms with Gasteiger partial charge in [0.25, 0.3) is 5.91 Å². The van der Waals surface area contributed by atoms with E-state index in [1.54, 1.807) is 20.4 Å². The molecule has 1 aromatic heterocycles. The lowest BCUT2D eigenvalue weighted by molar-refractivity contribution is -0.160. The third kappa shape index (κ3) is 4.98. The molecule has 1 N–H and O–H groups in total. The number of hydrogen-bond donors (Lipinski definition) is 1. The number of ether oxygens (including phenoxy) is 2. The Hall–Kier alpha value is -3.22. The van der Waals surface area contributed by atoms with E-state index >= 15 is 0 Å². The van der Waals surface area contributed by atoms with Gasteiger partial charge in [-0.05, 0) is 40.5 Å². The fraction of sp³-hybridized carbons (Fsp3) is 0.308. The highest BCUT2D eigenvalue weighted by molar-refractivity contribution is 5.86. The number of aromatic nitrogens is 1. The van der Waals surface area contributed by atoms with Crippen molar-refractivity contribution in [1.82, 2.24) is 15.2 Å². The number of nitrogens with one attached hydrogen (secondary N) is 1. The number of pyridine rings is 1. The number of morpholine rings is 1. The number of hydrogen-bond acceptors (Lipinski definition) is 5. The lowest BCUT2D eigenvalue weighted by atomic mass is 9.90. The van der Waals surface area contributed by atoms with Gasteiger partial charge in [0.2, 0.25) is 0 Å². The Morgan fingerprint density at radius 3 is 2.72 bits per heavy atom. The number of methoxy groups -OCH3 is 1. The molecule has 3 aromatic rings. The molecule has 6 heteroatoms. The normalized spacial score (nSPS) is 18.8. The summed E-state index contributed by atoms with van der Waals surface area (Å²) in [5.74, 6) is 0.736. The molecule has 1 amide bonds. The van der Waals surface area contributed by atoms with Crippen molar-refractivity contribution in [3.05, 3.63) is 84.2 Å². The third-order valence-corrected chi connectivity index (χ3v) is 5.86. The molecule has 1 aliphatic heterocycles. The van der Waals surface area contributed by atoms with Gasteiger partial charge < -0.3 is 14.8 Å². The molecule has 1 saturated heterocycles. The van der Waals surface area contributed by atoms with Crippen LogP contribution < -0.4 is 10.1 Å². The molecule has 0 aliphatic carbocycles. The summed E-state index contributed by atoms with van der Waals surface area (Å²) >= 11 is 0. The SMILES string of the molecule is CNC(=O)[C@@]1(Cc2cccc(-c3cccnc3)c2)CN(Cc2cccc(OC)c2)CCO1. The van der Waals surface area contributed by atoms with Crippen LogP contribution in [0.25, 0.3) is 11.1 Å². The minimum absolute atomic E-state index is 0.0976. The van der Waals surface area contributed by atoms with Gasteiger partial charge in [-0.3, -0.25) is 14.7 Å². The first kappa shape index (κ1) is 22.0. The molecule has 32 heavy (non-hydrogen) atoms. The number of nitrogens with zero attached hydrogens (tertiary/aromatic N) is 2. The van der Waals surface area contributed by atoms with E-state index in [0.717, 1.165) is 41.1 Å². The van der Waals surface area contributed by atoms with Crippen LogP contribution in [0.1, 0.15) is 11.1 Å². The van der Waals surface area contributed by atoms with Crippen molar-refractivity contribution >= 4 is 5.91 Å². The van der Waals surface area contributed by atoms with Crippen molar-refractivity contribution < 1.29 is 14.3 Å². The van der Waals surface area contributed by atoms with Crippen LogP contribution in [-0.2, 0) is 22.5 Å². The van der Waals surface area contributed by atoms with Crippen molar-refractivity contribution in [2.24, 2.45) is 0 Å². The Kier molecular flexibility index (Phi) is 6.83. The predicted octanol–water partition coefficient (Wildman–Crippen LogP) is 3.32. The van der Waals surface area contributed by atoms with Crippen LogP contribution in [0.5, 0.6) is 5.75 Å². The molecule has 0 saturated carbocycles. The Bertz CT molecular complexity index is 1060. The molecular weight excluding hydrogens is 402 g/mol. The number of carbonyl (C=O) groups is 1. The zero-order chi connectivity index (χ0) is 22.4. The lowest BCUT2D eigenvalue weighted by Crippen LogP contribution is -2.60. The van der Waals surface area contributed by atoms with Crippen molar-refractivity contribution in [3.8, 4) is 16.9 Å². The monoisotopic (exact) mass is 431 g/mol. The Balaban J connectivity index is 1.56. The van der Waals surface area contributed by atoms with Crippen LogP contribution in [0, 0.1) is 0 Å². The highest BCUT2D eigenvalue weighted by Gasteiger charge is 2.43. The summed E-state index contributed by atoms with van der Waals surface area (Å²) in [7, 11) is 3.34. The highest BCUT2D eigenvalue weighted by atomic mass is 16.5. The van der Waals surface area contributed by atoms with Gasteiger partial charge in [0, 0.05) is 45.5 Å². The van der Waals surface area contributed by atoms with Crippen molar-refractivity contribution in [3.63, 3.8) is 0 Å². The standard InChI is InChI=1S/C26H29N3O3/c1-27-25(30)26(16-20-6-3-8-22(14-20)23-9-5-11-28-17-23)19-29(12-13-32-26)18-21-7-4-10-24(15-21)31-2/h3-11,14-15,17H,12-13,16,18-19H2,1-2H3,(H,27,30)/t26-/m1/s1. The van der Waals surface area contributed by atoms with Crippen LogP contribution in [0.4, 0.5) is 0 Å². The average Bonchev–Trinajstić information content (AvgIpc) is 2.84. The Morgan fingerprint density at radius 2 is 1.94 bits per heavy atom. The summed E-state index contributed by atoms with van der Waals surface area (Å²) in [6, 6.07) is 20.3. The van der Waals surface area contributed by atoms with E-state index in [-0.39, 0.29) is 5.91 Å². The van der Waals surface area contributed by atoms with Gasteiger partial charge >= 0.3 is 0 Å². The van der Waals surface area contributed by atoms with E-state index in [2.05, 4.69) is 39.5 Å². The summed E-state index contributed by atoms with van der Waals surface area (Å²) in [5, 5.41) is 2.82. The molecule has 0 bridgehead atoms. The van der Waals surface area contributed by atoms with Crippen LogP contribution >= 0.6 is 0 Å². The Morgan fingerprint density at radius 1 is 1.12 bits per heavy atom. The zero-order valence-electron chi connectivity index (χ0n) is 18.6. The van der Waals surface area contributed by atoms with E-state index in [0.29, 0.717) is 19.6 Å². The molecule has 2 aromatic carbocycles. The quantitative estimate of drug-likeness (QED) is 0.622. The van der Waals surface area contributed by atoms with E-state index in [9.17, 15) is 4.79 Å². The number of amides is 1. The summed E-state index contributed by atoms with van der Waals surface area (Å²) < 4.78 is 11.5. The highest BCUT2D eigenvalue weighted by Crippen LogP contribution is 2.28. The van der Waals surface area contributed by atoms with E-state index < -0.39 is 5.60 Å². The molecule has 1 atom stereocenters. The summed E-state index contributed by atoms with van der Waals surface area (Å²) in [4.78, 5) is 19.5. The second-order valence-electron chi connectivity index (χ2n) is 8.10. The topological polar surface area (TPSA) is 63.7 Å². The lowest BCUT2D eigenvalue weighted by Gasteiger charge is -2.41. The molecule has 0 spiro atoms. The van der Waals surface area contributed by atoms with E-state index in [1.165, 1.54) is 0 Å². The first-order chi connectivity index (χ1) is 15.6. The molecule has 4 rings (SSSR count).